The Labute approximate surface area is 128 Å². The van der Waals surface area contributed by atoms with Crippen molar-refractivity contribution in [1.82, 2.24) is 15.0 Å². The Hall–Kier alpha value is -3.02. The summed E-state index contributed by atoms with van der Waals surface area (Å²) in [6.45, 7) is 0. The van der Waals surface area contributed by atoms with Crippen molar-refractivity contribution in [2.45, 2.75) is 0 Å². The lowest BCUT2D eigenvalue weighted by molar-refractivity contribution is 0.414. The lowest BCUT2D eigenvalue weighted by atomic mass is 10.1. The van der Waals surface area contributed by atoms with Crippen LogP contribution in [0, 0.1) is 0 Å². The van der Waals surface area contributed by atoms with Crippen LogP contribution in [0.4, 0.5) is 5.82 Å². The molecular formula is C16H16N4O2. The van der Waals surface area contributed by atoms with Gasteiger partial charge in [0.25, 0.3) is 0 Å². The van der Waals surface area contributed by atoms with Gasteiger partial charge < -0.3 is 15.2 Å². The molecular weight excluding hydrogens is 280 g/mol. The van der Waals surface area contributed by atoms with Crippen molar-refractivity contribution in [3.8, 4) is 28.4 Å². The first-order chi connectivity index (χ1) is 10.7. The summed E-state index contributed by atoms with van der Waals surface area (Å²) in [4.78, 5) is 0. The first kappa shape index (κ1) is 13.9. The topological polar surface area (TPSA) is 75.2 Å². The monoisotopic (exact) mass is 296 g/mol. The predicted octanol–water partition coefficient (Wildman–Crippen LogP) is 2.53. The van der Waals surface area contributed by atoms with Gasteiger partial charge in [-0.1, -0.05) is 23.4 Å². The fraction of sp³-hybridized carbons (Fsp3) is 0.125. The second-order valence-electron chi connectivity index (χ2n) is 4.67. The predicted molar refractivity (Wildman–Crippen MR) is 84.3 cm³/mol. The number of anilines is 1. The summed E-state index contributed by atoms with van der Waals surface area (Å²) in [6.07, 6.45) is 0. The molecule has 0 saturated heterocycles. The number of nitrogen functional groups attached to an aromatic ring is 1. The Morgan fingerprint density at radius 2 is 1.64 bits per heavy atom. The number of benzene rings is 2. The highest BCUT2D eigenvalue weighted by molar-refractivity contribution is 5.72. The van der Waals surface area contributed by atoms with Gasteiger partial charge in [-0.2, -0.15) is 4.68 Å². The van der Waals surface area contributed by atoms with E-state index < -0.39 is 0 Å². The molecule has 0 aliphatic carbocycles. The van der Waals surface area contributed by atoms with Crippen LogP contribution in [0.1, 0.15) is 0 Å². The number of nitrogens with zero attached hydrogens (tertiary/aromatic N) is 3. The molecule has 3 rings (SSSR count). The molecule has 2 N–H and O–H groups in total. The van der Waals surface area contributed by atoms with Crippen LogP contribution in [-0.2, 0) is 0 Å². The second-order valence-corrected chi connectivity index (χ2v) is 4.67. The van der Waals surface area contributed by atoms with E-state index in [4.69, 9.17) is 15.2 Å². The summed E-state index contributed by atoms with van der Waals surface area (Å²) in [5.74, 6) is 1.93. The molecule has 3 aromatic rings. The summed E-state index contributed by atoms with van der Waals surface area (Å²) in [7, 11) is 3.24. The van der Waals surface area contributed by atoms with E-state index in [9.17, 15) is 0 Å². The number of methoxy groups -OCH3 is 2. The van der Waals surface area contributed by atoms with E-state index >= 15 is 0 Å². The minimum absolute atomic E-state index is 0.460. The number of aromatic nitrogens is 3. The lowest BCUT2D eigenvalue weighted by Gasteiger charge is -2.06. The van der Waals surface area contributed by atoms with Crippen molar-refractivity contribution < 1.29 is 9.47 Å². The van der Waals surface area contributed by atoms with E-state index in [1.54, 1.807) is 18.9 Å². The van der Waals surface area contributed by atoms with E-state index in [0.29, 0.717) is 11.5 Å². The van der Waals surface area contributed by atoms with Gasteiger partial charge in [-0.05, 0) is 24.3 Å². The number of hydrogen-bond acceptors (Lipinski definition) is 5. The van der Waals surface area contributed by atoms with Gasteiger partial charge in [-0.25, -0.2) is 0 Å². The average molecular weight is 296 g/mol. The molecule has 0 aliphatic rings. The van der Waals surface area contributed by atoms with Crippen LogP contribution in [0.25, 0.3) is 16.9 Å². The largest absolute Gasteiger partial charge is 0.497 e. The van der Waals surface area contributed by atoms with E-state index in [-0.39, 0.29) is 0 Å². The van der Waals surface area contributed by atoms with Gasteiger partial charge in [-0.15, -0.1) is 5.10 Å². The number of nitrogens with two attached hydrogens (primary N) is 1. The molecule has 0 fully saturated rings. The van der Waals surface area contributed by atoms with Crippen LogP contribution in [0.3, 0.4) is 0 Å². The Morgan fingerprint density at radius 3 is 2.36 bits per heavy atom. The molecule has 1 aromatic heterocycles. The maximum absolute atomic E-state index is 6.21. The molecule has 2 aromatic carbocycles. The number of ether oxygens (including phenoxy) is 2. The highest BCUT2D eigenvalue weighted by atomic mass is 16.5. The van der Waals surface area contributed by atoms with Crippen LogP contribution in [0.2, 0.25) is 0 Å². The van der Waals surface area contributed by atoms with E-state index in [0.717, 1.165) is 22.7 Å². The highest BCUT2D eigenvalue weighted by Crippen LogP contribution is 2.28. The molecule has 0 bridgehead atoms. The third-order valence-electron chi connectivity index (χ3n) is 3.35. The van der Waals surface area contributed by atoms with Crippen molar-refractivity contribution in [3.05, 3.63) is 48.5 Å². The molecule has 22 heavy (non-hydrogen) atoms. The van der Waals surface area contributed by atoms with Crippen molar-refractivity contribution in [2.75, 3.05) is 20.0 Å². The molecule has 0 aliphatic heterocycles. The molecule has 6 heteroatoms. The van der Waals surface area contributed by atoms with E-state index in [1.807, 2.05) is 48.5 Å². The van der Waals surface area contributed by atoms with Crippen LogP contribution < -0.4 is 15.2 Å². The molecule has 6 nitrogen and oxygen atoms in total. The maximum atomic E-state index is 6.21. The van der Waals surface area contributed by atoms with Crippen molar-refractivity contribution >= 4 is 5.82 Å². The minimum atomic E-state index is 0.460. The Kier molecular flexibility index (Phi) is 3.65. The van der Waals surface area contributed by atoms with Gasteiger partial charge in [0.1, 0.15) is 17.2 Å². The second kappa shape index (κ2) is 5.77. The Morgan fingerprint density at radius 1 is 0.955 bits per heavy atom. The summed E-state index contributed by atoms with van der Waals surface area (Å²) in [5.41, 5.74) is 8.46. The zero-order valence-electron chi connectivity index (χ0n) is 12.4. The normalized spacial score (nSPS) is 10.5. The highest BCUT2D eigenvalue weighted by Gasteiger charge is 2.14. The molecule has 0 spiro atoms. The fourth-order valence-electron chi connectivity index (χ4n) is 2.20. The molecule has 0 atom stereocenters. The molecule has 0 amide bonds. The molecule has 0 saturated carbocycles. The quantitative estimate of drug-likeness (QED) is 0.800. The van der Waals surface area contributed by atoms with Crippen molar-refractivity contribution in [2.24, 2.45) is 0 Å². The zero-order valence-corrected chi connectivity index (χ0v) is 12.4. The maximum Gasteiger partial charge on any atom is 0.155 e. The first-order valence-electron chi connectivity index (χ1n) is 6.73. The smallest absolute Gasteiger partial charge is 0.155 e. The molecule has 0 radical (unpaired) electrons. The third kappa shape index (κ3) is 2.46. The van der Waals surface area contributed by atoms with Gasteiger partial charge in [0, 0.05) is 11.6 Å². The first-order valence-corrected chi connectivity index (χ1v) is 6.73. The summed E-state index contributed by atoms with van der Waals surface area (Å²) >= 11 is 0. The van der Waals surface area contributed by atoms with Crippen molar-refractivity contribution in [1.29, 1.82) is 0 Å². The average Bonchev–Trinajstić information content (AvgIpc) is 2.96. The number of hydrogen-bond donors (Lipinski definition) is 1. The fourth-order valence-corrected chi connectivity index (χ4v) is 2.20. The van der Waals surface area contributed by atoms with Gasteiger partial charge in [0.05, 0.1) is 19.9 Å². The van der Waals surface area contributed by atoms with E-state index in [2.05, 4.69) is 10.3 Å². The third-order valence-corrected chi connectivity index (χ3v) is 3.35. The van der Waals surface area contributed by atoms with Gasteiger partial charge >= 0.3 is 0 Å². The molecule has 1 heterocycles. The molecule has 0 unspecified atom stereocenters. The molecule has 112 valence electrons. The van der Waals surface area contributed by atoms with Crippen LogP contribution >= 0.6 is 0 Å². The SMILES string of the molecule is COc1cccc(-c2nnn(-c3cccc(OC)c3)c2N)c1. The van der Waals surface area contributed by atoms with Crippen LogP contribution in [0.5, 0.6) is 11.5 Å². The standard InChI is InChI=1S/C16H16N4O2/c1-21-13-7-3-5-11(9-13)15-16(17)20(19-18-15)12-6-4-8-14(10-12)22-2/h3-10H,17H2,1-2H3. The van der Waals surface area contributed by atoms with Gasteiger partial charge in [0.2, 0.25) is 0 Å². The Bertz CT molecular complexity index is 733. The number of rotatable bonds is 4. The van der Waals surface area contributed by atoms with Crippen LogP contribution in [0.15, 0.2) is 48.5 Å². The van der Waals surface area contributed by atoms with E-state index in [1.165, 1.54) is 0 Å². The Balaban J connectivity index is 2.04. The summed E-state index contributed by atoms with van der Waals surface area (Å²) in [6, 6.07) is 15.0. The van der Waals surface area contributed by atoms with Crippen LogP contribution in [-0.4, -0.2) is 29.2 Å². The zero-order chi connectivity index (χ0) is 15.5. The van der Waals surface area contributed by atoms with Gasteiger partial charge in [-0.3, -0.25) is 0 Å². The minimum Gasteiger partial charge on any atom is -0.497 e. The van der Waals surface area contributed by atoms with Crippen molar-refractivity contribution in [3.63, 3.8) is 0 Å². The summed E-state index contributed by atoms with van der Waals surface area (Å²) < 4.78 is 12.0. The summed E-state index contributed by atoms with van der Waals surface area (Å²) in [5, 5.41) is 8.32. The lowest BCUT2D eigenvalue weighted by Crippen LogP contribution is -2.02. The van der Waals surface area contributed by atoms with Gasteiger partial charge in [0.15, 0.2) is 5.82 Å².